The maximum atomic E-state index is 4.66. The van der Waals surface area contributed by atoms with Gasteiger partial charge in [0.15, 0.2) is 11.6 Å². The molecule has 20 heavy (non-hydrogen) atoms. The molecular formula is C14H22N4S2. The number of thioether (sulfide) groups is 2. The van der Waals surface area contributed by atoms with Crippen molar-refractivity contribution in [1.82, 2.24) is 9.97 Å². The molecule has 2 aliphatic rings. The third-order valence-electron chi connectivity index (χ3n) is 3.70. The zero-order chi connectivity index (χ0) is 13.6. The molecule has 1 aromatic heterocycles. The molecular weight excluding hydrogens is 288 g/mol. The summed E-state index contributed by atoms with van der Waals surface area (Å²) in [5.41, 5.74) is 0. The van der Waals surface area contributed by atoms with Gasteiger partial charge in [0.1, 0.15) is 0 Å². The van der Waals surface area contributed by atoms with Gasteiger partial charge in [-0.3, -0.25) is 0 Å². The van der Waals surface area contributed by atoms with Crippen molar-refractivity contribution >= 4 is 35.2 Å². The van der Waals surface area contributed by atoms with Crippen LogP contribution in [0.3, 0.4) is 0 Å². The van der Waals surface area contributed by atoms with Gasteiger partial charge in [0, 0.05) is 50.1 Å². The van der Waals surface area contributed by atoms with Crippen LogP contribution >= 0.6 is 23.5 Å². The third kappa shape index (κ3) is 3.52. The minimum Gasteiger partial charge on any atom is -0.353 e. The molecule has 0 aliphatic carbocycles. The summed E-state index contributed by atoms with van der Waals surface area (Å²) < 4.78 is 0. The van der Waals surface area contributed by atoms with Crippen LogP contribution in [0.25, 0.3) is 0 Å². The molecule has 0 unspecified atom stereocenters. The van der Waals surface area contributed by atoms with Gasteiger partial charge in [-0.1, -0.05) is 0 Å². The van der Waals surface area contributed by atoms with Gasteiger partial charge in [0.2, 0.25) is 0 Å². The van der Waals surface area contributed by atoms with E-state index in [-0.39, 0.29) is 0 Å². The van der Waals surface area contributed by atoms with E-state index in [1.165, 1.54) is 35.9 Å². The smallest absolute Gasteiger partial charge is 0.172 e. The van der Waals surface area contributed by atoms with E-state index < -0.39 is 0 Å². The molecule has 2 aliphatic heterocycles. The van der Waals surface area contributed by atoms with Crippen LogP contribution in [0.4, 0.5) is 11.6 Å². The second-order valence-electron chi connectivity index (χ2n) is 5.11. The zero-order valence-corrected chi connectivity index (χ0v) is 13.5. The summed E-state index contributed by atoms with van der Waals surface area (Å²) in [5.74, 6) is 7.14. The number of rotatable bonds is 2. The lowest BCUT2D eigenvalue weighted by molar-refractivity contribution is 0.764. The first-order chi connectivity index (χ1) is 9.95. The number of hydrogen-bond acceptors (Lipinski definition) is 6. The monoisotopic (exact) mass is 310 g/mol. The predicted molar refractivity (Wildman–Crippen MR) is 90.3 cm³/mol. The molecule has 0 spiro atoms. The topological polar surface area (TPSA) is 32.3 Å². The normalized spacial score (nSPS) is 21.4. The van der Waals surface area contributed by atoms with Crippen LogP contribution in [0.15, 0.2) is 12.4 Å². The van der Waals surface area contributed by atoms with Gasteiger partial charge in [-0.2, -0.15) is 23.5 Å². The van der Waals surface area contributed by atoms with Gasteiger partial charge >= 0.3 is 0 Å². The highest BCUT2D eigenvalue weighted by molar-refractivity contribution is 7.99. The fourth-order valence-electron chi connectivity index (χ4n) is 2.69. The van der Waals surface area contributed by atoms with Gasteiger partial charge in [0.25, 0.3) is 0 Å². The maximum absolute atomic E-state index is 4.66. The Bertz CT molecular complexity index is 374. The summed E-state index contributed by atoms with van der Waals surface area (Å²) in [6.45, 7) is 4.42. The maximum Gasteiger partial charge on any atom is 0.172 e. The van der Waals surface area contributed by atoms with Gasteiger partial charge in [0.05, 0.1) is 0 Å². The molecule has 0 radical (unpaired) electrons. The van der Waals surface area contributed by atoms with Gasteiger partial charge in [-0.05, 0) is 24.3 Å². The Morgan fingerprint density at radius 3 is 1.70 bits per heavy atom. The van der Waals surface area contributed by atoms with E-state index in [0.717, 1.165) is 37.8 Å². The van der Waals surface area contributed by atoms with Crippen molar-refractivity contribution in [3.05, 3.63) is 12.4 Å². The van der Waals surface area contributed by atoms with Crippen LogP contribution in [0.5, 0.6) is 0 Å². The van der Waals surface area contributed by atoms with Gasteiger partial charge in [-0.15, -0.1) is 0 Å². The predicted octanol–water partition coefficient (Wildman–Crippen LogP) is 2.36. The summed E-state index contributed by atoms with van der Waals surface area (Å²) >= 11 is 4.10. The fourth-order valence-corrected chi connectivity index (χ4v) is 4.46. The highest BCUT2D eigenvalue weighted by Gasteiger charge is 2.20. The summed E-state index contributed by atoms with van der Waals surface area (Å²) in [7, 11) is 0. The molecule has 0 bridgehead atoms. The number of anilines is 2. The molecule has 0 atom stereocenters. The number of aromatic nitrogens is 2. The van der Waals surface area contributed by atoms with Crippen molar-refractivity contribution in [1.29, 1.82) is 0 Å². The van der Waals surface area contributed by atoms with Crippen molar-refractivity contribution in [2.75, 3.05) is 59.0 Å². The zero-order valence-electron chi connectivity index (χ0n) is 11.8. The van der Waals surface area contributed by atoms with E-state index in [4.69, 9.17) is 0 Å². The standard InChI is InChI=1S/C14H22N4S2/c1-5-17(7-11-19-9-1)13-14(16-4-3-15-13)18-6-2-10-20-12-8-18/h3-4H,1-2,5-12H2. The molecule has 3 heterocycles. The van der Waals surface area contributed by atoms with Crippen LogP contribution in [0.1, 0.15) is 12.8 Å². The van der Waals surface area contributed by atoms with E-state index in [1.54, 1.807) is 0 Å². The van der Waals surface area contributed by atoms with Gasteiger partial charge in [-0.25, -0.2) is 9.97 Å². The molecule has 6 heteroatoms. The summed E-state index contributed by atoms with van der Waals surface area (Å²) in [5, 5.41) is 0. The van der Waals surface area contributed by atoms with Crippen LogP contribution in [-0.2, 0) is 0 Å². The highest BCUT2D eigenvalue weighted by Crippen LogP contribution is 2.27. The molecule has 4 nitrogen and oxygen atoms in total. The Kier molecular flexibility index (Phi) is 5.30. The van der Waals surface area contributed by atoms with Crippen molar-refractivity contribution in [3.63, 3.8) is 0 Å². The quantitative estimate of drug-likeness (QED) is 0.834. The Hall–Kier alpha value is -0.620. The number of hydrogen-bond donors (Lipinski definition) is 0. The fraction of sp³-hybridized carbons (Fsp3) is 0.714. The minimum atomic E-state index is 1.10. The van der Waals surface area contributed by atoms with E-state index in [9.17, 15) is 0 Å². The Morgan fingerprint density at radius 1 is 0.700 bits per heavy atom. The molecule has 110 valence electrons. The van der Waals surface area contributed by atoms with Crippen molar-refractivity contribution in [2.45, 2.75) is 12.8 Å². The van der Waals surface area contributed by atoms with E-state index in [0.29, 0.717) is 0 Å². The van der Waals surface area contributed by atoms with Crippen molar-refractivity contribution in [2.24, 2.45) is 0 Å². The Labute approximate surface area is 129 Å². The third-order valence-corrected chi connectivity index (χ3v) is 5.80. The van der Waals surface area contributed by atoms with E-state index in [2.05, 4.69) is 43.3 Å². The lowest BCUT2D eigenvalue weighted by atomic mass is 10.3. The highest BCUT2D eigenvalue weighted by atomic mass is 32.2. The summed E-state index contributed by atoms with van der Waals surface area (Å²) in [4.78, 5) is 14.2. The second kappa shape index (κ2) is 7.41. The SMILES string of the molecule is c1cnc(N2CCCSCC2)c(N2CCCSCC2)n1. The average molecular weight is 310 g/mol. The Morgan fingerprint density at radius 2 is 1.20 bits per heavy atom. The molecule has 0 saturated carbocycles. The van der Waals surface area contributed by atoms with Crippen LogP contribution in [-0.4, -0.2) is 59.2 Å². The molecule has 1 aromatic rings. The van der Waals surface area contributed by atoms with Crippen LogP contribution < -0.4 is 9.80 Å². The molecule has 0 N–H and O–H groups in total. The van der Waals surface area contributed by atoms with Crippen LogP contribution in [0, 0.1) is 0 Å². The molecule has 0 aromatic carbocycles. The first-order valence-electron chi connectivity index (χ1n) is 7.41. The Balaban J connectivity index is 1.82. The first kappa shape index (κ1) is 14.3. The number of nitrogens with zero attached hydrogens (tertiary/aromatic N) is 4. The van der Waals surface area contributed by atoms with E-state index >= 15 is 0 Å². The largest absolute Gasteiger partial charge is 0.353 e. The first-order valence-corrected chi connectivity index (χ1v) is 9.72. The van der Waals surface area contributed by atoms with Gasteiger partial charge < -0.3 is 9.80 Å². The molecule has 0 amide bonds. The molecule has 3 rings (SSSR count). The minimum absolute atomic E-state index is 1.10. The van der Waals surface area contributed by atoms with Crippen LogP contribution in [0.2, 0.25) is 0 Å². The second-order valence-corrected chi connectivity index (χ2v) is 7.56. The average Bonchev–Trinajstić information content (AvgIpc) is 2.92. The summed E-state index contributed by atoms with van der Waals surface area (Å²) in [6.07, 6.45) is 6.17. The van der Waals surface area contributed by atoms with Crippen molar-refractivity contribution in [3.8, 4) is 0 Å². The lowest BCUT2D eigenvalue weighted by Gasteiger charge is -2.28. The summed E-state index contributed by atoms with van der Waals surface area (Å²) in [6, 6.07) is 0. The van der Waals surface area contributed by atoms with Crippen molar-refractivity contribution < 1.29 is 0 Å². The molecule has 2 fully saturated rings. The lowest BCUT2D eigenvalue weighted by Crippen LogP contribution is -2.32. The molecule has 2 saturated heterocycles. The van der Waals surface area contributed by atoms with E-state index in [1.807, 2.05) is 12.4 Å².